The number of azo groups is 2. The lowest BCUT2D eigenvalue weighted by molar-refractivity contribution is 0.472. The van der Waals surface area contributed by atoms with Crippen LogP contribution in [0.2, 0.25) is 0 Å². The van der Waals surface area contributed by atoms with Gasteiger partial charge in [0.2, 0.25) is 0 Å². The minimum atomic E-state index is -5.05. The molecule has 0 atom stereocenters. The molecule has 0 amide bonds. The van der Waals surface area contributed by atoms with E-state index >= 15 is 0 Å². The Labute approximate surface area is 271 Å². The Kier molecular flexibility index (Phi) is 8.11. The lowest BCUT2D eigenvalue weighted by Gasteiger charge is -2.09. The molecular weight excluding hydrogens is 689 g/mol. The first kappa shape index (κ1) is 32.5. The van der Waals surface area contributed by atoms with E-state index in [1.54, 1.807) is 6.07 Å². The van der Waals surface area contributed by atoms with E-state index < -0.39 is 57.3 Å². The van der Waals surface area contributed by atoms with Gasteiger partial charge in [-0.2, -0.15) is 35.5 Å². The van der Waals surface area contributed by atoms with Gasteiger partial charge in [0.15, 0.2) is 5.75 Å². The molecule has 0 saturated carbocycles. The van der Waals surface area contributed by atoms with Crippen molar-refractivity contribution in [3.63, 3.8) is 0 Å². The number of H-pyrrole nitrogens is 1. The largest absolute Gasteiger partial charge is 0.505 e. The van der Waals surface area contributed by atoms with Gasteiger partial charge in [-0.15, -0.1) is 10.2 Å². The Morgan fingerprint density at radius 2 is 1.25 bits per heavy atom. The van der Waals surface area contributed by atoms with E-state index in [4.69, 9.17) is 4.55 Å². The van der Waals surface area contributed by atoms with E-state index in [2.05, 4.69) is 30.4 Å². The number of hydrogen-bond acceptors (Lipinski definition) is 12. The number of nitrogens with one attached hydrogen (secondary N) is 1. The maximum absolute atomic E-state index is 12.5. The van der Waals surface area contributed by atoms with Crippen molar-refractivity contribution in [2.75, 3.05) is 0 Å². The SMILES string of the molecule is O=S(=O)(O)c1ccc(/N=N/c2ccc(/N=N/c3c(S(=O)(=O)O)cc4c(ccc5nc(-c6ccccc6)[nH]c54)c3O)c(S(=O)(=O)O)c2)cc1. The quantitative estimate of drug-likeness (QED) is 0.0824. The molecule has 0 fully saturated rings. The molecular formula is C29H20N6O10S3. The number of phenolic OH excluding ortho intramolecular Hbond substituents is 1. The number of aromatic amines is 1. The fourth-order valence-electron chi connectivity index (χ4n) is 4.68. The van der Waals surface area contributed by atoms with Crippen molar-refractivity contribution in [2.24, 2.45) is 20.5 Å². The van der Waals surface area contributed by atoms with E-state index in [-0.39, 0.29) is 27.0 Å². The predicted octanol–water partition coefficient (Wildman–Crippen LogP) is 6.66. The third kappa shape index (κ3) is 6.53. The number of hydrogen-bond donors (Lipinski definition) is 5. The highest BCUT2D eigenvalue weighted by atomic mass is 32.2. The summed E-state index contributed by atoms with van der Waals surface area (Å²) in [7, 11) is -14.5. The van der Waals surface area contributed by atoms with Gasteiger partial charge < -0.3 is 10.1 Å². The third-order valence-electron chi connectivity index (χ3n) is 6.91. The maximum Gasteiger partial charge on any atom is 0.296 e. The molecule has 0 aliphatic carbocycles. The standard InChI is InChI=1S/C29H20N6O10S3/c36-28-20-11-13-23-26(31-29(30-23)16-4-2-1-3-5-16)21(20)15-25(48(43,44)45)27(28)35-34-22-12-8-18(14-24(22)47(40,41)42)33-32-17-6-9-19(10-7-17)46(37,38)39/h1-15,36H,(H,30,31)(H,37,38,39)(H,40,41,42)(H,43,44,45)/b33-32+,35-34+. The first-order valence-electron chi connectivity index (χ1n) is 13.3. The van der Waals surface area contributed by atoms with Crippen LogP contribution in [0.15, 0.2) is 126 Å². The number of aromatic hydroxyl groups is 1. The highest BCUT2D eigenvalue weighted by Crippen LogP contribution is 2.44. The second-order valence-corrected chi connectivity index (χ2v) is 14.3. The van der Waals surface area contributed by atoms with Gasteiger partial charge in [-0.3, -0.25) is 13.7 Å². The number of aromatic nitrogens is 2. The number of imidazole rings is 1. The van der Waals surface area contributed by atoms with Crippen LogP contribution in [0.1, 0.15) is 0 Å². The molecule has 0 saturated heterocycles. The summed E-state index contributed by atoms with van der Waals surface area (Å²) in [4.78, 5) is 5.57. The van der Waals surface area contributed by atoms with Crippen LogP contribution >= 0.6 is 0 Å². The van der Waals surface area contributed by atoms with Gasteiger partial charge in [-0.1, -0.05) is 30.3 Å². The van der Waals surface area contributed by atoms with Crippen LogP contribution in [0.4, 0.5) is 22.7 Å². The Balaban J connectivity index is 1.41. The van der Waals surface area contributed by atoms with Crippen molar-refractivity contribution < 1.29 is 44.0 Å². The Bertz CT molecular complexity index is 2640. The van der Waals surface area contributed by atoms with Crippen molar-refractivity contribution in [1.82, 2.24) is 9.97 Å². The summed E-state index contributed by atoms with van der Waals surface area (Å²) in [6.07, 6.45) is 0. The van der Waals surface area contributed by atoms with Crippen LogP contribution < -0.4 is 0 Å². The molecule has 0 aliphatic heterocycles. The molecule has 0 spiro atoms. The molecule has 0 bridgehead atoms. The van der Waals surface area contributed by atoms with Gasteiger partial charge in [0, 0.05) is 16.3 Å². The third-order valence-corrected chi connectivity index (χ3v) is 9.52. The fraction of sp³-hybridized carbons (Fsp3) is 0. The van der Waals surface area contributed by atoms with Gasteiger partial charge in [-0.05, 0) is 60.7 Å². The second kappa shape index (κ2) is 12.0. The van der Waals surface area contributed by atoms with E-state index in [0.29, 0.717) is 16.9 Å². The molecule has 19 heteroatoms. The normalized spacial score (nSPS) is 12.9. The monoisotopic (exact) mass is 708 g/mol. The number of fused-ring (bicyclic) bond motifs is 3. The number of rotatable bonds is 8. The molecule has 1 heterocycles. The summed E-state index contributed by atoms with van der Waals surface area (Å²) in [5.41, 5.74) is 0.336. The molecule has 0 unspecified atom stereocenters. The molecule has 1 aromatic heterocycles. The van der Waals surface area contributed by atoms with Crippen LogP contribution in [-0.2, 0) is 30.4 Å². The highest BCUT2D eigenvalue weighted by Gasteiger charge is 2.24. The predicted molar refractivity (Wildman–Crippen MR) is 171 cm³/mol. The van der Waals surface area contributed by atoms with Crippen molar-refractivity contribution in [3.05, 3.63) is 91.0 Å². The minimum absolute atomic E-state index is 0.0995. The minimum Gasteiger partial charge on any atom is -0.505 e. The van der Waals surface area contributed by atoms with Crippen molar-refractivity contribution in [1.29, 1.82) is 0 Å². The Morgan fingerprint density at radius 3 is 1.90 bits per heavy atom. The topological polar surface area (TPSA) is 261 Å². The van der Waals surface area contributed by atoms with E-state index in [9.17, 15) is 39.5 Å². The summed E-state index contributed by atoms with van der Waals surface area (Å²) in [6.45, 7) is 0. The van der Waals surface area contributed by atoms with Gasteiger partial charge in [-0.25, -0.2) is 4.98 Å². The lowest BCUT2D eigenvalue weighted by Crippen LogP contribution is -1.99. The number of benzene rings is 5. The van der Waals surface area contributed by atoms with Gasteiger partial charge in [0.25, 0.3) is 30.4 Å². The molecule has 6 rings (SSSR count). The first-order chi connectivity index (χ1) is 22.6. The van der Waals surface area contributed by atoms with E-state index in [1.165, 1.54) is 24.3 Å². The fourth-order valence-corrected chi connectivity index (χ4v) is 6.46. The molecule has 48 heavy (non-hydrogen) atoms. The molecule has 16 nitrogen and oxygen atoms in total. The molecule has 0 radical (unpaired) electrons. The summed E-state index contributed by atoms with van der Waals surface area (Å²) < 4.78 is 101. The van der Waals surface area contributed by atoms with Crippen LogP contribution in [0, 0.1) is 0 Å². The van der Waals surface area contributed by atoms with Crippen LogP contribution in [0.3, 0.4) is 0 Å². The van der Waals surface area contributed by atoms with E-state index in [0.717, 1.165) is 35.9 Å². The van der Waals surface area contributed by atoms with Crippen molar-refractivity contribution in [2.45, 2.75) is 14.7 Å². The molecule has 244 valence electrons. The zero-order chi connectivity index (χ0) is 34.4. The zero-order valence-electron chi connectivity index (χ0n) is 23.9. The Hall–Kier alpha value is -5.44. The smallest absolute Gasteiger partial charge is 0.296 e. The van der Waals surface area contributed by atoms with Crippen molar-refractivity contribution >= 4 is 74.9 Å². The number of nitrogens with zero attached hydrogens (tertiary/aromatic N) is 5. The summed E-state index contributed by atoms with van der Waals surface area (Å²) in [5, 5.41) is 26.7. The lowest BCUT2D eigenvalue weighted by atomic mass is 10.1. The zero-order valence-corrected chi connectivity index (χ0v) is 26.3. The first-order valence-corrected chi connectivity index (χ1v) is 17.7. The molecule has 5 aromatic carbocycles. The average molecular weight is 709 g/mol. The highest BCUT2D eigenvalue weighted by molar-refractivity contribution is 7.86. The Morgan fingerprint density at radius 1 is 0.604 bits per heavy atom. The van der Waals surface area contributed by atoms with Crippen LogP contribution in [0.5, 0.6) is 5.75 Å². The summed E-state index contributed by atoms with van der Waals surface area (Å²) in [5.74, 6) is -0.244. The molecule has 0 aliphatic rings. The molecule has 6 aromatic rings. The maximum atomic E-state index is 12.5. The molecule has 5 N–H and O–H groups in total. The van der Waals surface area contributed by atoms with Gasteiger partial charge >= 0.3 is 0 Å². The summed E-state index contributed by atoms with van der Waals surface area (Å²) >= 11 is 0. The number of phenols is 1. The van der Waals surface area contributed by atoms with Crippen LogP contribution in [-0.4, -0.2) is 54.0 Å². The summed E-state index contributed by atoms with van der Waals surface area (Å²) in [6, 6.07) is 20.9. The second-order valence-electron chi connectivity index (χ2n) is 10.0. The van der Waals surface area contributed by atoms with Gasteiger partial charge in [0.05, 0.1) is 27.3 Å². The van der Waals surface area contributed by atoms with E-state index in [1.807, 2.05) is 30.3 Å². The van der Waals surface area contributed by atoms with Crippen LogP contribution in [0.25, 0.3) is 33.2 Å². The van der Waals surface area contributed by atoms with Gasteiger partial charge in [0.1, 0.15) is 27.0 Å². The van der Waals surface area contributed by atoms with Crippen molar-refractivity contribution in [3.8, 4) is 17.1 Å². The average Bonchev–Trinajstić information content (AvgIpc) is 3.48.